The van der Waals surface area contributed by atoms with Gasteiger partial charge in [0.05, 0.1) is 0 Å². The Kier molecular flexibility index (Phi) is 3.00. The molecule has 1 aromatic heterocycles. The molecule has 0 aliphatic carbocycles. The lowest BCUT2D eigenvalue weighted by atomic mass is 10.1. The molecule has 0 aliphatic heterocycles. The zero-order chi connectivity index (χ0) is 13.3. The largest absolute Gasteiger partial charge is 0.368 e. The molecule has 0 bridgehead atoms. The second kappa shape index (κ2) is 4.68. The van der Waals surface area contributed by atoms with Crippen molar-refractivity contribution in [3.63, 3.8) is 0 Å². The lowest BCUT2D eigenvalue weighted by molar-refractivity contribution is 0.493. The van der Waals surface area contributed by atoms with Crippen LogP contribution in [0.3, 0.4) is 0 Å². The van der Waals surface area contributed by atoms with Gasteiger partial charge in [-0.2, -0.15) is 8.42 Å². The Labute approximate surface area is 115 Å². The molecule has 0 unspecified atom stereocenters. The van der Waals surface area contributed by atoms with E-state index in [1.807, 2.05) is 24.3 Å². The molecule has 0 saturated carbocycles. The monoisotopic (exact) mass is 290 g/mol. The maximum absolute atomic E-state index is 12.3. The molecule has 3 rings (SSSR count). The number of thiophene rings is 1. The van der Waals surface area contributed by atoms with Crippen molar-refractivity contribution in [3.8, 4) is 5.06 Å². The van der Waals surface area contributed by atoms with Crippen LogP contribution in [0.4, 0.5) is 0 Å². The predicted molar refractivity (Wildman–Crippen MR) is 76.1 cm³/mol. The predicted octanol–water partition coefficient (Wildman–Crippen LogP) is 3.67. The van der Waals surface area contributed by atoms with E-state index in [2.05, 4.69) is 0 Å². The molecular weight excluding hydrogens is 280 g/mol. The molecular formula is C14H10O3S2. The van der Waals surface area contributed by atoms with Crippen molar-refractivity contribution in [1.82, 2.24) is 0 Å². The summed E-state index contributed by atoms with van der Waals surface area (Å²) in [6, 6.07) is 15.9. The minimum Gasteiger partial charge on any atom is -0.368 e. The average Bonchev–Trinajstić information content (AvgIpc) is 2.90. The summed E-state index contributed by atoms with van der Waals surface area (Å²) >= 11 is 1.25. The number of hydrogen-bond donors (Lipinski definition) is 0. The van der Waals surface area contributed by atoms with Crippen LogP contribution in [-0.2, 0) is 10.1 Å². The van der Waals surface area contributed by atoms with Crippen molar-refractivity contribution in [2.45, 2.75) is 4.90 Å². The first-order valence-corrected chi connectivity index (χ1v) is 7.91. The first-order chi connectivity index (χ1) is 9.17. The van der Waals surface area contributed by atoms with Gasteiger partial charge in [-0.25, -0.2) is 0 Å². The van der Waals surface area contributed by atoms with Gasteiger partial charge in [-0.1, -0.05) is 36.4 Å². The SMILES string of the molecule is O=S(=O)(Oc1cccs1)c1cccc2ccccc12. The van der Waals surface area contributed by atoms with Gasteiger partial charge in [-0.3, -0.25) is 0 Å². The van der Waals surface area contributed by atoms with Crippen LogP contribution in [0.5, 0.6) is 5.06 Å². The number of rotatable bonds is 3. The van der Waals surface area contributed by atoms with Crippen LogP contribution in [0, 0.1) is 0 Å². The van der Waals surface area contributed by atoms with Crippen LogP contribution in [0.2, 0.25) is 0 Å². The molecule has 0 atom stereocenters. The molecule has 19 heavy (non-hydrogen) atoms. The zero-order valence-corrected chi connectivity index (χ0v) is 11.4. The highest BCUT2D eigenvalue weighted by Crippen LogP contribution is 2.27. The van der Waals surface area contributed by atoms with Crippen LogP contribution >= 0.6 is 11.3 Å². The Morgan fingerprint density at radius 1 is 0.895 bits per heavy atom. The van der Waals surface area contributed by atoms with Gasteiger partial charge in [0.1, 0.15) is 4.90 Å². The van der Waals surface area contributed by atoms with Gasteiger partial charge in [0.2, 0.25) is 0 Å². The van der Waals surface area contributed by atoms with Gasteiger partial charge < -0.3 is 4.18 Å². The molecule has 0 fully saturated rings. The van der Waals surface area contributed by atoms with Gasteiger partial charge in [0.25, 0.3) is 0 Å². The third kappa shape index (κ3) is 2.34. The van der Waals surface area contributed by atoms with Crippen LogP contribution in [0.15, 0.2) is 64.9 Å². The molecule has 0 spiro atoms. The second-order valence-corrected chi connectivity index (χ2v) is 6.37. The van der Waals surface area contributed by atoms with E-state index in [1.54, 1.807) is 35.7 Å². The quantitative estimate of drug-likeness (QED) is 0.691. The van der Waals surface area contributed by atoms with Gasteiger partial charge in [-0.05, 0) is 29.0 Å². The highest BCUT2D eigenvalue weighted by Gasteiger charge is 2.19. The minimum absolute atomic E-state index is 0.194. The summed E-state index contributed by atoms with van der Waals surface area (Å²) in [5.74, 6) is 0. The fourth-order valence-electron chi connectivity index (χ4n) is 1.88. The van der Waals surface area contributed by atoms with Crippen LogP contribution in [-0.4, -0.2) is 8.42 Å². The summed E-state index contributed by atoms with van der Waals surface area (Å²) in [6.07, 6.45) is 0. The van der Waals surface area contributed by atoms with E-state index in [0.717, 1.165) is 5.39 Å². The van der Waals surface area contributed by atoms with Crippen molar-refractivity contribution >= 4 is 32.2 Å². The van der Waals surface area contributed by atoms with Crippen LogP contribution in [0.1, 0.15) is 0 Å². The summed E-state index contributed by atoms with van der Waals surface area (Å²) in [7, 11) is -3.80. The Hall–Kier alpha value is -1.85. The molecule has 0 saturated heterocycles. The maximum Gasteiger partial charge on any atom is 0.340 e. The molecule has 0 amide bonds. The van der Waals surface area contributed by atoms with E-state index in [9.17, 15) is 8.42 Å². The van der Waals surface area contributed by atoms with Crippen LogP contribution < -0.4 is 4.18 Å². The minimum atomic E-state index is -3.80. The normalized spacial score (nSPS) is 11.6. The molecule has 0 radical (unpaired) electrons. The topological polar surface area (TPSA) is 43.4 Å². The molecule has 3 nitrogen and oxygen atoms in total. The molecule has 0 aliphatic rings. The van der Waals surface area contributed by atoms with Crippen molar-refractivity contribution in [1.29, 1.82) is 0 Å². The number of hydrogen-bond acceptors (Lipinski definition) is 4. The molecule has 3 aromatic rings. The average molecular weight is 290 g/mol. The third-order valence-electron chi connectivity index (χ3n) is 2.71. The van der Waals surface area contributed by atoms with E-state index in [4.69, 9.17) is 4.18 Å². The zero-order valence-electron chi connectivity index (χ0n) is 9.81. The van der Waals surface area contributed by atoms with Gasteiger partial charge in [-0.15, -0.1) is 11.3 Å². The number of benzene rings is 2. The molecule has 1 heterocycles. The van der Waals surface area contributed by atoms with E-state index >= 15 is 0 Å². The summed E-state index contributed by atoms with van der Waals surface area (Å²) < 4.78 is 29.7. The smallest absolute Gasteiger partial charge is 0.340 e. The fourth-order valence-corrected chi connectivity index (χ4v) is 3.81. The van der Waals surface area contributed by atoms with E-state index in [1.165, 1.54) is 11.3 Å². The summed E-state index contributed by atoms with van der Waals surface area (Å²) in [5.41, 5.74) is 0. The highest BCUT2D eigenvalue weighted by atomic mass is 32.2. The Morgan fingerprint density at radius 2 is 1.68 bits per heavy atom. The van der Waals surface area contributed by atoms with Gasteiger partial charge in [0.15, 0.2) is 5.06 Å². The van der Waals surface area contributed by atoms with E-state index in [-0.39, 0.29) is 4.90 Å². The van der Waals surface area contributed by atoms with Crippen molar-refractivity contribution in [2.75, 3.05) is 0 Å². The van der Waals surface area contributed by atoms with Crippen molar-refractivity contribution in [2.24, 2.45) is 0 Å². The Balaban J connectivity index is 2.13. The van der Waals surface area contributed by atoms with Crippen molar-refractivity contribution in [3.05, 3.63) is 60.0 Å². The third-order valence-corrected chi connectivity index (χ3v) is 4.85. The Bertz CT molecular complexity index is 800. The maximum atomic E-state index is 12.3. The van der Waals surface area contributed by atoms with Gasteiger partial charge >= 0.3 is 10.1 Å². The molecule has 2 aromatic carbocycles. The summed E-state index contributed by atoms with van der Waals surface area (Å²) in [4.78, 5) is 0.194. The fraction of sp³-hybridized carbons (Fsp3) is 0. The first kappa shape index (κ1) is 12.2. The van der Waals surface area contributed by atoms with Gasteiger partial charge in [0, 0.05) is 5.39 Å². The van der Waals surface area contributed by atoms with E-state index in [0.29, 0.717) is 10.4 Å². The molecule has 96 valence electrons. The highest BCUT2D eigenvalue weighted by molar-refractivity contribution is 7.87. The lowest BCUT2D eigenvalue weighted by Crippen LogP contribution is -2.09. The summed E-state index contributed by atoms with van der Waals surface area (Å²) in [6.45, 7) is 0. The number of fused-ring (bicyclic) bond motifs is 1. The molecule has 5 heteroatoms. The summed E-state index contributed by atoms with van der Waals surface area (Å²) in [5, 5.41) is 3.68. The standard InChI is InChI=1S/C14H10O3S2/c15-19(16,17-14-9-4-10-18-14)13-8-3-6-11-5-1-2-7-12(11)13/h1-10H. The van der Waals surface area contributed by atoms with Crippen molar-refractivity contribution < 1.29 is 12.6 Å². The second-order valence-electron chi connectivity index (χ2n) is 3.95. The lowest BCUT2D eigenvalue weighted by Gasteiger charge is -2.07. The molecule has 0 N–H and O–H groups in total. The first-order valence-electron chi connectivity index (χ1n) is 5.62. The van der Waals surface area contributed by atoms with E-state index < -0.39 is 10.1 Å². The Morgan fingerprint density at radius 3 is 2.47 bits per heavy atom. The van der Waals surface area contributed by atoms with Crippen LogP contribution in [0.25, 0.3) is 10.8 Å².